The first-order valence-electron chi connectivity index (χ1n) is 4.07. The van der Waals surface area contributed by atoms with E-state index in [4.69, 9.17) is 0 Å². The molecule has 2 heterocycles. The summed E-state index contributed by atoms with van der Waals surface area (Å²) in [6.07, 6.45) is 3.21. The molecule has 2 heteroatoms. The van der Waals surface area contributed by atoms with Gasteiger partial charge in [-0.05, 0) is 31.6 Å². The molecule has 0 atom stereocenters. The lowest BCUT2D eigenvalue weighted by molar-refractivity contribution is 0.170. The topological polar surface area (TPSA) is 16.1 Å². The second-order valence-corrected chi connectivity index (χ2v) is 2.95. The molecule has 1 aromatic heterocycles. The Balaban J connectivity index is 1.95. The van der Waals surface area contributed by atoms with Gasteiger partial charge in [-0.15, -0.1) is 0 Å². The van der Waals surface area contributed by atoms with Gasteiger partial charge in [-0.3, -0.25) is 9.88 Å². The van der Waals surface area contributed by atoms with Gasteiger partial charge < -0.3 is 0 Å². The molecule has 0 radical (unpaired) electrons. The molecule has 0 aromatic carbocycles. The monoisotopic (exact) mass is 148 g/mol. The summed E-state index contributed by atoms with van der Waals surface area (Å²) in [5.41, 5.74) is 1.19. The Labute approximate surface area is 66.9 Å². The van der Waals surface area contributed by atoms with Crippen molar-refractivity contribution >= 4 is 0 Å². The standard InChI is InChI=1S/C9H12N2/c1-2-5-10-9(4-1)8-11-6-3-7-11/h1-2,4-5H,3,6-8H2. The number of hydrogen-bond acceptors (Lipinski definition) is 2. The van der Waals surface area contributed by atoms with Gasteiger partial charge in [0.1, 0.15) is 0 Å². The van der Waals surface area contributed by atoms with Gasteiger partial charge >= 0.3 is 0 Å². The predicted molar refractivity (Wildman–Crippen MR) is 44.1 cm³/mol. The van der Waals surface area contributed by atoms with Crippen LogP contribution in [-0.4, -0.2) is 23.0 Å². The first kappa shape index (κ1) is 6.80. The first-order valence-corrected chi connectivity index (χ1v) is 4.07. The molecule has 0 bridgehead atoms. The second-order valence-electron chi connectivity index (χ2n) is 2.95. The van der Waals surface area contributed by atoms with Gasteiger partial charge in [0.2, 0.25) is 0 Å². The molecular weight excluding hydrogens is 136 g/mol. The van der Waals surface area contributed by atoms with E-state index in [0.717, 1.165) is 6.54 Å². The number of hydrogen-bond donors (Lipinski definition) is 0. The smallest absolute Gasteiger partial charge is 0.0543 e. The zero-order valence-corrected chi connectivity index (χ0v) is 6.53. The number of nitrogens with zero attached hydrogens (tertiary/aromatic N) is 2. The molecule has 1 saturated heterocycles. The predicted octanol–water partition coefficient (Wildman–Crippen LogP) is 1.29. The first-order chi connectivity index (χ1) is 5.45. The van der Waals surface area contributed by atoms with Crippen molar-refractivity contribution in [2.75, 3.05) is 13.1 Å². The van der Waals surface area contributed by atoms with E-state index < -0.39 is 0 Å². The van der Waals surface area contributed by atoms with Crippen LogP contribution in [0.3, 0.4) is 0 Å². The van der Waals surface area contributed by atoms with Gasteiger partial charge in [0.25, 0.3) is 0 Å². The Morgan fingerprint density at radius 2 is 2.27 bits per heavy atom. The summed E-state index contributed by atoms with van der Waals surface area (Å²) in [4.78, 5) is 6.66. The third kappa shape index (κ3) is 1.57. The molecule has 2 nitrogen and oxygen atoms in total. The highest BCUT2D eigenvalue weighted by atomic mass is 15.2. The molecule has 0 aliphatic carbocycles. The fourth-order valence-electron chi connectivity index (χ4n) is 1.26. The van der Waals surface area contributed by atoms with E-state index in [1.807, 2.05) is 18.3 Å². The summed E-state index contributed by atoms with van der Waals surface area (Å²) in [7, 11) is 0. The van der Waals surface area contributed by atoms with E-state index in [0.29, 0.717) is 0 Å². The number of rotatable bonds is 2. The maximum absolute atomic E-state index is 4.26. The Morgan fingerprint density at radius 3 is 2.82 bits per heavy atom. The molecule has 0 saturated carbocycles. The van der Waals surface area contributed by atoms with Gasteiger partial charge in [-0.1, -0.05) is 6.07 Å². The van der Waals surface area contributed by atoms with Crippen LogP contribution in [-0.2, 0) is 6.54 Å². The average Bonchev–Trinajstić information content (AvgIpc) is 1.99. The summed E-state index contributed by atoms with van der Waals surface area (Å²) < 4.78 is 0. The fraction of sp³-hybridized carbons (Fsp3) is 0.444. The molecule has 0 N–H and O–H groups in total. The summed E-state index contributed by atoms with van der Waals surface area (Å²) >= 11 is 0. The second kappa shape index (κ2) is 3.01. The maximum atomic E-state index is 4.26. The summed E-state index contributed by atoms with van der Waals surface area (Å²) in [5, 5.41) is 0. The lowest BCUT2D eigenvalue weighted by Crippen LogP contribution is -2.36. The molecule has 1 aliphatic heterocycles. The van der Waals surface area contributed by atoms with Crippen LogP contribution in [0.15, 0.2) is 24.4 Å². The SMILES string of the molecule is c1ccc(CN2CCC2)nc1. The molecule has 1 fully saturated rings. The highest BCUT2D eigenvalue weighted by Gasteiger charge is 2.13. The Hall–Kier alpha value is -0.890. The molecule has 1 aliphatic rings. The quantitative estimate of drug-likeness (QED) is 0.628. The van der Waals surface area contributed by atoms with Crippen molar-refractivity contribution in [2.45, 2.75) is 13.0 Å². The zero-order valence-electron chi connectivity index (χ0n) is 6.53. The minimum Gasteiger partial charge on any atom is -0.297 e. The highest BCUT2D eigenvalue weighted by Crippen LogP contribution is 2.09. The van der Waals surface area contributed by atoms with E-state index in [9.17, 15) is 0 Å². The Kier molecular flexibility index (Phi) is 1.86. The summed E-state index contributed by atoms with van der Waals surface area (Å²) in [6.45, 7) is 3.52. The van der Waals surface area contributed by atoms with Crippen LogP contribution in [0, 0.1) is 0 Å². The van der Waals surface area contributed by atoms with Crippen LogP contribution >= 0.6 is 0 Å². The highest BCUT2D eigenvalue weighted by molar-refractivity contribution is 5.03. The molecule has 0 unspecified atom stereocenters. The van der Waals surface area contributed by atoms with Crippen molar-refractivity contribution in [1.82, 2.24) is 9.88 Å². The fourth-order valence-corrected chi connectivity index (χ4v) is 1.26. The van der Waals surface area contributed by atoms with Crippen molar-refractivity contribution < 1.29 is 0 Å². The van der Waals surface area contributed by atoms with Crippen LogP contribution in [0.25, 0.3) is 0 Å². The molecule has 0 amide bonds. The van der Waals surface area contributed by atoms with Gasteiger partial charge in [0, 0.05) is 12.7 Å². The van der Waals surface area contributed by atoms with Crippen LogP contribution in [0.5, 0.6) is 0 Å². The normalized spacial score (nSPS) is 17.8. The van der Waals surface area contributed by atoms with E-state index in [1.165, 1.54) is 25.2 Å². The van der Waals surface area contributed by atoms with E-state index in [2.05, 4.69) is 16.0 Å². The minimum absolute atomic E-state index is 1.03. The lowest BCUT2D eigenvalue weighted by atomic mass is 10.2. The third-order valence-electron chi connectivity index (χ3n) is 2.06. The molecule has 2 rings (SSSR count). The average molecular weight is 148 g/mol. The Bertz CT molecular complexity index is 216. The number of pyridine rings is 1. The van der Waals surface area contributed by atoms with Crippen molar-refractivity contribution in [1.29, 1.82) is 0 Å². The van der Waals surface area contributed by atoms with Crippen LogP contribution < -0.4 is 0 Å². The van der Waals surface area contributed by atoms with Gasteiger partial charge in [-0.2, -0.15) is 0 Å². The van der Waals surface area contributed by atoms with Gasteiger partial charge in [0.15, 0.2) is 0 Å². The van der Waals surface area contributed by atoms with E-state index in [-0.39, 0.29) is 0 Å². The van der Waals surface area contributed by atoms with Crippen molar-refractivity contribution in [2.24, 2.45) is 0 Å². The lowest BCUT2D eigenvalue weighted by Gasteiger charge is -2.30. The molecule has 0 spiro atoms. The van der Waals surface area contributed by atoms with Gasteiger partial charge in [-0.25, -0.2) is 0 Å². The third-order valence-corrected chi connectivity index (χ3v) is 2.06. The van der Waals surface area contributed by atoms with Crippen molar-refractivity contribution in [3.8, 4) is 0 Å². The summed E-state index contributed by atoms with van der Waals surface area (Å²) in [5.74, 6) is 0. The number of aromatic nitrogens is 1. The van der Waals surface area contributed by atoms with Crippen LogP contribution in [0.2, 0.25) is 0 Å². The van der Waals surface area contributed by atoms with Gasteiger partial charge in [0.05, 0.1) is 5.69 Å². The van der Waals surface area contributed by atoms with Crippen LogP contribution in [0.1, 0.15) is 12.1 Å². The minimum atomic E-state index is 1.03. The molecule has 58 valence electrons. The Morgan fingerprint density at radius 1 is 1.36 bits per heavy atom. The zero-order chi connectivity index (χ0) is 7.52. The van der Waals surface area contributed by atoms with Crippen molar-refractivity contribution in [3.63, 3.8) is 0 Å². The van der Waals surface area contributed by atoms with Crippen LogP contribution in [0.4, 0.5) is 0 Å². The largest absolute Gasteiger partial charge is 0.297 e. The number of likely N-dealkylation sites (tertiary alicyclic amines) is 1. The van der Waals surface area contributed by atoms with E-state index >= 15 is 0 Å². The maximum Gasteiger partial charge on any atom is 0.0543 e. The summed E-state index contributed by atoms with van der Waals surface area (Å²) in [6, 6.07) is 6.08. The van der Waals surface area contributed by atoms with E-state index in [1.54, 1.807) is 0 Å². The van der Waals surface area contributed by atoms with Crippen molar-refractivity contribution in [3.05, 3.63) is 30.1 Å². The molecule has 1 aromatic rings. The molecular formula is C9H12N2. The molecule has 11 heavy (non-hydrogen) atoms.